The summed E-state index contributed by atoms with van der Waals surface area (Å²) in [5, 5.41) is 0. The Morgan fingerprint density at radius 3 is 2.53 bits per heavy atom. The van der Waals surface area contributed by atoms with Gasteiger partial charge < -0.3 is 25.0 Å². The van der Waals surface area contributed by atoms with Gasteiger partial charge in [-0.15, -0.1) is 0 Å². The molecule has 2 atom stereocenters. The van der Waals surface area contributed by atoms with Crippen molar-refractivity contribution >= 4 is 17.5 Å². The van der Waals surface area contributed by atoms with Gasteiger partial charge in [0.25, 0.3) is 6.43 Å². The SMILES string of the molecule is C[C@@H]1COCCN1c1nc(-c2cnc(N)cc2C(F)F)nc2c1C[C@@H]1COCCN21. The largest absolute Gasteiger partial charge is 0.384 e. The molecule has 0 aliphatic carbocycles. The van der Waals surface area contributed by atoms with E-state index >= 15 is 0 Å². The quantitative estimate of drug-likeness (QED) is 0.810. The van der Waals surface area contributed by atoms with Gasteiger partial charge in [0.2, 0.25) is 0 Å². The van der Waals surface area contributed by atoms with E-state index in [0.29, 0.717) is 39.5 Å². The van der Waals surface area contributed by atoms with Crippen molar-refractivity contribution in [2.24, 2.45) is 0 Å². The Morgan fingerprint density at radius 1 is 1.10 bits per heavy atom. The number of nitrogens with two attached hydrogens (primary N) is 1. The molecule has 0 bridgehead atoms. The van der Waals surface area contributed by atoms with Crippen molar-refractivity contribution in [3.05, 3.63) is 23.4 Å². The van der Waals surface area contributed by atoms with Crippen LogP contribution in [0.4, 0.5) is 26.2 Å². The number of nitrogens with zero attached hydrogens (tertiary/aromatic N) is 5. The molecule has 30 heavy (non-hydrogen) atoms. The van der Waals surface area contributed by atoms with Gasteiger partial charge in [-0.3, -0.25) is 0 Å². The maximum absolute atomic E-state index is 13.8. The van der Waals surface area contributed by atoms with Crippen molar-refractivity contribution < 1.29 is 18.3 Å². The third kappa shape index (κ3) is 3.24. The lowest BCUT2D eigenvalue weighted by molar-refractivity contribution is 0.0967. The van der Waals surface area contributed by atoms with Crippen molar-refractivity contribution in [1.82, 2.24) is 15.0 Å². The molecule has 8 nitrogen and oxygen atoms in total. The molecule has 160 valence electrons. The topological polar surface area (TPSA) is 89.6 Å². The Hall–Kier alpha value is -2.59. The number of nitrogen functional groups attached to an aromatic ring is 1. The molecule has 0 spiro atoms. The third-order valence-electron chi connectivity index (χ3n) is 5.98. The fraction of sp³-hybridized carbons (Fsp3) is 0.550. The van der Waals surface area contributed by atoms with E-state index in [1.807, 2.05) is 0 Å². The zero-order valence-corrected chi connectivity index (χ0v) is 16.7. The van der Waals surface area contributed by atoms with Gasteiger partial charge in [-0.25, -0.2) is 23.7 Å². The number of pyridine rings is 1. The van der Waals surface area contributed by atoms with E-state index < -0.39 is 6.43 Å². The zero-order valence-electron chi connectivity index (χ0n) is 16.7. The zero-order chi connectivity index (χ0) is 20.8. The lowest BCUT2D eigenvalue weighted by Gasteiger charge is -2.35. The molecule has 5 heterocycles. The van der Waals surface area contributed by atoms with E-state index in [1.54, 1.807) is 0 Å². The van der Waals surface area contributed by atoms with Gasteiger partial charge in [-0.05, 0) is 13.0 Å². The van der Waals surface area contributed by atoms with Crippen LogP contribution in [0.3, 0.4) is 0 Å². The van der Waals surface area contributed by atoms with E-state index in [1.165, 1.54) is 12.3 Å². The molecule has 0 unspecified atom stereocenters. The number of morpholine rings is 2. The lowest BCUT2D eigenvalue weighted by atomic mass is 10.1. The van der Waals surface area contributed by atoms with Crippen LogP contribution in [-0.2, 0) is 15.9 Å². The maximum atomic E-state index is 13.8. The molecular formula is C20H24F2N6O2. The molecule has 3 aliphatic heterocycles. The second kappa shape index (κ2) is 7.59. The molecule has 3 aliphatic rings. The summed E-state index contributed by atoms with van der Waals surface area (Å²) in [4.78, 5) is 18.0. The van der Waals surface area contributed by atoms with Crippen molar-refractivity contribution in [3.63, 3.8) is 0 Å². The van der Waals surface area contributed by atoms with Crippen LogP contribution in [0.5, 0.6) is 0 Å². The van der Waals surface area contributed by atoms with E-state index in [0.717, 1.165) is 23.6 Å². The Morgan fingerprint density at radius 2 is 1.80 bits per heavy atom. The van der Waals surface area contributed by atoms with E-state index in [2.05, 4.69) is 21.7 Å². The highest BCUT2D eigenvalue weighted by Crippen LogP contribution is 2.41. The number of alkyl halides is 2. The number of aromatic nitrogens is 3. The molecule has 0 aromatic carbocycles. The van der Waals surface area contributed by atoms with Gasteiger partial charge in [-0.1, -0.05) is 0 Å². The molecular weight excluding hydrogens is 394 g/mol. The first-order chi connectivity index (χ1) is 14.5. The summed E-state index contributed by atoms with van der Waals surface area (Å²) in [6.07, 6.45) is -0.586. The highest BCUT2D eigenvalue weighted by molar-refractivity contribution is 5.72. The van der Waals surface area contributed by atoms with Crippen LogP contribution < -0.4 is 15.5 Å². The second-order valence-electron chi connectivity index (χ2n) is 7.91. The number of fused-ring (bicyclic) bond motifs is 3. The first kappa shape index (κ1) is 19.4. The highest BCUT2D eigenvalue weighted by Gasteiger charge is 2.38. The van der Waals surface area contributed by atoms with Gasteiger partial charge in [0, 0.05) is 42.4 Å². The van der Waals surface area contributed by atoms with E-state index in [4.69, 9.17) is 25.2 Å². The number of ether oxygens (including phenoxy) is 2. The van der Waals surface area contributed by atoms with Crippen LogP contribution in [0.15, 0.2) is 12.3 Å². The number of hydrogen-bond acceptors (Lipinski definition) is 8. The fourth-order valence-corrected chi connectivity index (χ4v) is 4.47. The van der Waals surface area contributed by atoms with Gasteiger partial charge in [0.15, 0.2) is 5.82 Å². The minimum atomic E-state index is -2.70. The van der Waals surface area contributed by atoms with E-state index in [9.17, 15) is 8.78 Å². The first-order valence-corrected chi connectivity index (χ1v) is 10.2. The third-order valence-corrected chi connectivity index (χ3v) is 5.98. The number of rotatable bonds is 3. The van der Waals surface area contributed by atoms with Gasteiger partial charge in [0.05, 0.1) is 38.5 Å². The van der Waals surface area contributed by atoms with Gasteiger partial charge in [0.1, 0.15) is 17.5 Å². The summed E-state index contributed by atoms with van der Waals surface area (Å²) in [5.41, 5.74) is 6.70. The molecule has 2 N–H and O–H groups in total. The fourth-order valence-electron chi connectivity index (χ4n) is 4.47. The summed E-state index contributed by atoms with van der Waals surface area (Å²) in [7, 11) is 0. The van der Waals surface area contributed by atoms with Crippen molar-refractivity contribution in [2.75, 3.05) is 55.1 Å². The summed E-state index contributed by atoms with van der Waals surface area (Å²) < 4.78 is 38.8. The van der Waals surface area contributed by atoms with Crippen molar-refractivity contribution in [3.8, 4) is 11.4 Å². The van der Waals surface area contributed by atoms with Crippen LogP contribution in [0, 0.1) is 0 Å². The minimum absolute atomic E-state index is 0.0467. The van der Waals surface area contributed by atoms with Crippen LogP contribution in [0.2, 0.25) is 0 Å². The molecule has 5 rings (SSSR count). The maximum Gasteiger partial charge on any atom is 0.264 e. The smallest absolute Gasteiger partial charge is 0.264 e. The standard InChI is InChI=1S/C20H24F2N6O2/c1-11-9-29-4-2-27(11)19-14-6-12-10-30-5-3-28(12)20(14)26-18(25-19)15-8-24-16(23)7-13(15)17(21)22/h7-8,11-12,17H,2-6,9-10H2,1H3,(H2,23,24)/t11-,12-/m1/s1. The molecule has 0 amide bonds. The minimum Gasteiger partial charge on any atom is -0.384 e. The predicted molar refractivity (Wildman–Crippen MR) is 108 cm³/mol. The lowest BCUT2D eigenvalue weighted by Crippen LogP contribution is -2.44. The Labute approximate surface area is 173 Å². The number of anilines is 3. The summed E-state index contributed by atoms with van der Waals surface area (Å²) in [6, 6.07) is 1.51. The average Bonchev–Trinajstić information content (AvgIpc) is 3.12. The van der Waals surface area contributed by atoms with Gasteiger partial charge in [-0.2, -0.15) is 0 Å². The summed E-state index contributed by atoms with van der Waals surface area (Å²) >= 11 is 0. The number of halogens is 2. The Kier molecular flexibility index (Phi) is 4.90. The van der Waals surface area contributed by atoms with E-state index in [-0.39, 0.29) is 34.9 Å². The van der Waals surface area contributed by atoms with Crippen molar-refractivity contribution in [1.29, 1.82) is 0 Å². The molecule has 2 saturated heterocycles. The monoisotopic (exact) mass is 418 g/mol. The highest BCUT2D eigenvalue weighted by atomic mass is 19.3. The van der Waals surface area contributed by atoms with Crippen molar-refractivity contribution in [2.45, 2.75) is 31.9 Å². The second-order valence-corrected chi connectivity index (χ2v) is 7.91. The Bertz CT molecular complexity index is 959. The normalized spacial score (nSPS) is 23.6. The molecule has 2 aromatic heterocycles. The predicted octanol–water partition coefficient (Wildman–Crippen LogP) is 2.04. The molecule has 10 heteroatoms. The molecule has 0 radical (unpaired) electrons. The summed E-state index contributed by atoms with van der Waals surface area (Å²) in [5.74, 6) is 1.89. The van der Waals surface area contributed by atoms with Crippen LogP contribution in [0.25, 0.3) is 11.4 Å². The number of hydrogen-bond donors (Lipinski definition) is 1. The summed E-state index contributed by atoms with van der Waals surface area (Å²) in [6.45, 7) is 5.91. The van der Waals surface area contributed by atoms with Crippen LogP contribution in [0.1, 0.15) is 24.5 Å². The van der Waals surface area contributed by atoms with Crippen LogP contribution >= 0.6 is 0 Å². The van der Waals surface area contributed by atoms with Gasteiger partial charge >= 0.3 is 0 Å². The average molecular weight is 418 g/mol. The molecule has 2 aromatic rings. The first-order valence-electron chi connectivity index (χ1n) is 10.2. The molecule has 2 fully saturated rings. The Balaban J connectivity index is 1.68. The van der Waals surface area contributed by atoms with Crippen LogP contribution in [-0.4, -0.2) is 66.6 Å². The molecule has 0 saturated carbocycles.